The third kappa shape index (κ3) is 15.7. The average Bonchev–Trinajstić information content (AvgIpc) is 1.55. The van der Waals surface area contributed by atoms with Crippen LogP contribution in [-0.4, -0.2) is 103 Å². The zero-order valence-electron chi connectivity index (χ0n) is 61.4. The van der Waals surface area contributed by atoms with Crippen LogP contribution in [0.1, 0.15) is 65.6 Å². The lowest BCUT2D eigenvalue weighted by atomic mass is 9.98. The number of amides is 5. The van der Waals surface area contributed by atoms with Crippen molar-refractivity contribution in [3.8, 4) is 90.1 Å². The highest BCUT2D eigenvalue weighted by atomic mass is 32.2. The molecule has 0 radical (unpaired) electrons. The summed E-state index contributed by atoms with van der Waals surface area (Å²) in [6, 6.07) is 49.7. The summed E-state index contributed by atoms with van der Waals surface area (Å²) < 4.78 is 55.9. The van der Waals surface area contributed by atoms with Crippen LogP contribution in [0.4, 0.5) is 0 Å². The van der Waals surface area contributed by atoms with Crippen molar-refractivity contribution in [3.63, 3.8) is 0 Å². The van der Waals surface area contributed by atoms with Gasteiger partial charge in [0.15, 0.2) is 0 Å². The normalized spacial score (nSPS) is 11.9. The lowest BCUT2D eigenvalue weighted by Gasteiger charge is -2.07. The second-order valence-corrected chi connectivity index (χ2v) is 31.3. The molecule has 0 saturated heterocycles. The van der Waals surface area contributed by atoms with Crippen molar-refractivity contribution in [1.82, 2.24) is 39.9 Å². The highest BCUT2D eigenvalue weighted by Gasteiger charge is 2.33. The van der Waals surface area contributed by atoms with Crippen molar-refractivity contribution in [2.45, 2.75) is 43.2 Å². The van der Waals surface area contributed by atoms with Gasteiger partial charge in [0, 0.05) is 118 Å². The molecule has 4 aromatic heterocycles. The monoisotopic (exact) mass is 1740 g/mol. The molecule has 5 amide bonds. The summed E-state index contributed by atoms with van der Waals surface area (Å²) in [5, 5.41) is 54.0. The molecule has 606 valence electrons. The molecular formula is C79H52N14O22S6. The number of nitrogens with two attached hydrogens (primary N) is 6. The number of benzene rings is 12. The summed E-state index contributed by atoms with van der Waals surface area (Å²) in [4.78, 5) is 104. The minimum atomic E-state index is -4.51. The van der Waals surface area contributed by atoms with Gasteiger partial charge in [-0.15, -0.1) is 26.7 Å². The van der Waals surface area contributed by atoms with E-state index in [9.17, 15) is 36.9 Å². The van der Waals surface area contributed by atoms with Crippen LogP contribution in [0.25, 0.3) is 177 Å². The van der Waals surface area contributed by atoms with Gasteiger partial charge in [-0.25, -0.2) is 60.9 Å². The van der Waals surface area contributed by atoms with Gasteiger partial charge in [-0.3, -0.25) is 28.5 Å². The summed E-state index contributed by atoms with van der Waals surface area (Å²) >= 11 is 4.19. The van der Waals surface area contributed by atoms with Crippen LogP contribution in [0.2, 0.25) is 0 Å². The van der Waals surface area contributed by atoms with Crippen LogP contribution in [0.15, 0.2) is 205 Å². The smallest absolute Gasteiger partial charge is 0.294 e. The lowest BCUT2D eigenvalue weighted by Crippen LogP contribution is -2.12. The summed E-state index contributed by atoms with van der Waals surface area (Å²) in [5.41, 5.74) is 44.5. The van der Waals surface area contributed by atoms with Crippen molar-refractivity contribution in [3.05, 3.63) is 204 Å². The minimum Gasteiger partial charge on any atom is -0.366 e. The van der Waals surface area contributed by atoms with Crippen LogP contribution >= 0.6 is 60.2 Å². The van der Waals surface area contributed by atoms with Gasteiger partial charge in [-0.1, -0.05) is 52.2 Å². The first-order valence-corrected chi connectivity index (χ1v) is 40.1. The Bertz CT molecular complexity index is 7270. The third-order valence-corrected chi connectivity index (χ3v) is 22.9. The fraction of sp³-hybridized carbons (Fsp3) is 0.0253. The Labute approximate surface area is 698 Å². The number of hydrogen-bond donors (Lipinski definition) is 11. The first kappa shape index (κ1) is 82.2. The number of carbonyl (C=O) groups is 5. The molecule has 17 N–H and O–H groups in total. The maximum absolute atomic E-state index is 11.9. The fourth-order valence-corrected chi connectivity index (χ4v) is 17.0. The number of fused-ring (bicyclic) bond motifs is 16. The van der Waals surface area contributed by atoms with E-state index in [1.54, 1.807) is 121 Å². The Balaban J connectivity index is 0.000000119. The van der Waals surface area contributed by atoms with E-state index in [1.807, 2.05) is 50.2 Å². The van der Waals surface area contributed by atoms with Crippen molar-refractivity contribution in [2.75, 3.05) is 0 Å². The van der Waals surface area contributed by atoms with Gasteiger partial charge in [0.05, 0.1) is 155 Å². The zero-order chi connectivity index (χ0) is 85.0. The maximum atomic E-state index is 11.9. The Morgan fingerprint density at radius 3 is 0.868 bits per heavy atom. The summed E-state index contributed by atoms with van der Waals surface area (Å²) in [7, 11) is -4.51. The van der Waals surface area contributed by atoms with Crippen LogP contribution in [-0.2, 0) is 56.9 Å². The predicted octanol–water partition coefficient (Wildman–Crippen LogP) is 15.0. The molecule has 4 aliphatic carbocycles. The van der Waals surface area contributed by atoms with E-state index in [0.29, 0.717) is 158 Å². The number of nitrogens with zero attached hydrogens (tertiary/aromatic N) is 8. The molecule has 4 heterocycles. The van der Waals surface area contributed by atoms with Gasteiger partial charge in [0.25, 0.3) is 10.1 Å². The molecule has 42 heteroatoms. The molecule has 0 fully saturated rings. The van der Waals surface area contributed by atoms with Crippen molar-refractivity contribution in [2.24, 2.45) is 34.6 Å². The Morgan fingerprint density at radius 1 is 0.298 bits per heavy atom. The average molecular weight is 1740 g/mol. The molecular weight excluding hydrogens is 1690 g/mol. The van der Waals surface area contributed by atoms with E-state index in [1.165, 1.54) is 18.2 Å². The number of rotatable bonds is 21. The first-order chi connectivity index (χ1) is 58.5. The van der Waals surface area contributed by atoms with Crippen LogP contribution in [0, 0.1) is 0 Å². The SMILES string of the molecule is CC.NC(=O)c1cc2c3c(cc(C(N)=O)cc3c1)-c1nc3cc(SOOO)ccc3nc1-2.NC(=O)c1cc2c3c(cc(S(=O)(=O)O)cc3c1)-c1nc3ccc(SOOO)cc3nc1-2.NC(=O)c1cc2c3c(cccc3c1)-c1nc3cc(SOOO)ccc3nc1-2.NOOSc1cc2c3c(cc(C(N)=O)cc3c1)-c1nc3ccc(SOOO)cc3nc1-2. The first-order valence-electron chi connectivity index (χ1n) is 34.9. The highest BCUT2D eigenvalue weighted by Crippen LogP contribution is 2.53. The fourth-order valence-electron chi connectivity index (χ4n) is 14.5. The van der Waals surface area contributed by atoms with Crippen molar-refractivity contribution in [1.29, 1.82) is 0 Å². The summed E-state index contributed by atoms with van der Waals surface area (Å²) in [6.45, 7) is 4.00. The van der Waals surface area contributed by atoms with Gasteiger partial charge >= 0.3 is 0 Å². The van der Waals surface area contributed by atoms with Gasteiger partial charge in [0.2, 0.25) is 29.5 Å². The lowest BCUT2D eigenvalue weighted by molar-refractivity contribution is -0.432. The van der Waals surface area contributed by atoms with Crippen molar-refractivity contribution >= 4 is 187 Å². The molecule has 0 bridgehead atoms. The Hall–Kier alpha value is -12.6. The molecule has 121 heavy (non-hydrogen) atoms. The number of carbonyl (C=O) groups excluding carboxylic acids is 5. The quantitative estimate of drug-likeness (QED) is 0.0138. The van der Waals surface area contributed by atoms with Gasteiger partial charge in [-0.2, -0.15) is 14.3 Å². The molecule has 16 aromatic rings. The zero-order valence-corrected chi connectivity index (χ0v) is 66.3. The van der Waals surface area contributed by atoms with Gasteiger partial charge in [-0.05, 0) is 179 Å². The number of hydrogen-bond acceptors (Lipinski definition) is 35. The number of aromatic nitrogens is 8. The summed E-state index contributed by atoms with van der Waals surface area (Å²) in [6.07, 6.45) is 0. The van der Waals surface area contributed by atoms with E-state index >= 15 is 0 Å². The third-order valence-electron chi connectivity index (χ3n) is 19.2. The van der Waals surface area contributed by atoms with Crippen LogP contribution in [0.5, 0.6) is 0 Å². The van der Waals surface area contributed by atoms with E-state index < -0.39 is 39.7 Å². The number of primary amides is 5. The molecule has 0 spiro atoms. The molecule has 0 saturated carbocycles. The standard InChI is InChI=1S/C20H12N4O5S.C19H12N4O6S2.C19H11N3O7S2.C19H11N3O4S.C2H6/c21-19(25)9-3-8-4-10(20(22)26)6-13-16(8)12(5-9)17-18(13)24-15-7-11(30-29-28-27)1-2-14(15)23-17;20-19(24)9-3-8-4-11(31-28-26-21)6-13-16(8)12(5-9)17-18(13)23-15-7-10(30-29-27-25)1-2-14(15)22-17;20-19(23)9-3-8-4-11(31(25,26)27)7-13-16(8)12(5-9)17-18(13)21-14-2-1-10(30-29-28-24)6-15(14)22-17;20-19(23)10-6-9-2-1-3-12-16(9)13(7-10)18-17(12)22-15-8-11(27-26-25-24)4-5-14(15)21-18;1-2/h1-7,27H,(H2,21,25)(H2,22,26);1-7,25H,21H2,(H2,20,24);1-7,24H,(H2,20,23)(H,25,26,27);1-8,24H,(H2,20,23);1-2H3. The molecule has 36 nitrogen and oxygen atoms in total. The van der Waals surface area contributed by atoms with Crippen molar-refractivity contribution < 1.29 is 105 Å². The van der Waals surface area contributed by atoms with E-state index in [-0.39, 0.29) is 16.0 Å². The minimum absolute atomic E-state index is 0.161. The van der Waals surface area contributed by atoms with Crippen LogP contribution in [0.3, 0.4) is 0 Å². The highest BCUT2D eigenvalue weighted by molar-refractivity contribution is 7.95. The van der Waals surface area contributed by atoms with Gasteiger partial charge < -0.3 is 28.7 Å². The topological polar surface area (TPSA) is 572 Å². The second-order valence-electron chi connectivity index (χ2n) is 26.0. The van der Waals surface area contributed by atoms with Gasteiger partial charge in [0.1, 0.15) is 0 Å². The Kier molecular flexibility index (Phi) is 23.0. The predicted molar refractivity (Wildman–Crippen MR) is 444 cm³/mol. The maximum Gasteiger partial charge on any atom is 0.294 e. The summed E-state index contributed by atoms with van der Waals surface area (Å²) in [5.74, 6) is 2.05. The molecule has 20 rings (SSSR count). The molecule has 0 atom stereocenters. The van der Waals surface area contributed by atoms with E-state index in [4.69, 9.17) is 89.8 Å². The largest absolute Gasteiger partial charge is 0.366 e. The Morgan fingerprint density at radius 2 is 0.562 bits per heavy atom. The molecule has 12 aromatic carbocycles. The molecule has 0 aliphatic heterocycles. The molecule has 0 unspecified atom stereocenters. The van der Waals surface area contributed by atoms with E-state index in [0.717, 1.165) is 121 Å². The van der Waals surface area contributed by atoms with Crippen LogP contribution < -0.4 is 34.6 Å². The second kappa shape index (κ2) is 33.9. The van der Waals surface area contributed by atoms with E-state index in [2.05, 4.69) is 52.4 Å². The molecule has 4 aliphatic rings.